The number of rotatable bonds is 8. The van der Waals surface area contributed by atoms with E-state index in [1.165, 1.54) is 12.3 Å². The Morgan fingerprint density at radius 3 is 2.47 bits per heavy atom. The first-order valence-electron chi connectivity index (χ1n) is 10.7. The van der Waals surface area contributed by atoms with Crippen molar-refractivity contribution >= 4 is 23.7 Å². The number of hydrogen-bond acceptors (Lipinski definition) is 5. The average molecular weight is 464 g/mol. The van der Waals surface area contributed by atoms with Crippen LogP contribution < -0.4 is 20.2 Å². The third-order valence-electron chi connectivity index (χ3n) is 4.96. The first-order valence-corrected chi connectivity index (χ1v) is 10.7. The van der Waals surface area contributed by atoms with Crippen LogP contribution in [0, 0.1) is 19.7 Å². The number of hydrogen-bond donors (Lipinski definition) is 2. The van der Waals surface area contributed by atoms with Crippen molar-refractivity contribution in [2.24, 2.45) is 5.10 Å². The summed E-state index contributed by atoms with van der Waals surface area (Å²) in [6.45, 7) is 6.15. The zero-order valence-corrected chi connectivity index (χ0v) is 19.2. The van der Waals surface area contributed by atoms with Gasteiger partial charge in [-0.2, -0.15) is 5.10 Å². The summed E-state index contributed by atoms with van der Waals surface area (Å²) in [5, 5.41) is 6.38. The highest BCUT2D eigenvalue weighted by Crippen LogP contribution is 2.29. The van der Waals surface area contributed by atoms with Gasteiger partial charge < -0.3 is 14.8 Å². The number of anilines is 1. The molecule has 0 saturated carbocycles. The average Bonchev–Trinajstić information content (AvgIpc) is 2.82. The van der Waals surface area contributed by atoms with Crippen LogP contribution in [0.15, 0.2) is 65.8 Å². The number of halogens is 1. The summed E-state index contributed by atoms with van der Waals surface area (Å²) >= 11 is 0. The molecule has 0 heterocycles. The van der Waals surface area contributed by atoms with E-state index in [-0.39, 0.29) is 12.4 Å². The van der Waals surface area contributed by atoms with Crippen LogP contribution in [-0.2, 0) is 16.2 Å². The van der Waals surface area contributed by atoms with Crippen LogP contribution in [0.5, 0.6) is 11.5 Å². The van der Waals surface area contributed by atoms with Gasteiger partial charge in [-0.05, 0) is 73.9 Å². The van der Waals surface area contributed by atoms with E-state index in [4.69, 9.17) is 9.47 Å². The largest absolute Gasteiger partial charge is 0.490 e. The van der Waals surface area contributed by atoms with E-state index in [2.05, 4.69) is 15.8 Å². The molecule has 34 heavy (non-hydrogen) atoms. The third kappa shape index (κ3) is 6.65. The van der Waals surface area contributed by atoms with Gasteiger partial charge in [0.15, 0.2) is 11.5 Å². The summed E-state index contributed by atoms with van der Waals surface area (Å²) in [7, 11) is 0. The Morgan fingerprint density at radius 2 is 1.74 bits per heavy atom. The molecule has 7 nitrogen and oxygen atoms in total. The molecule has 0 atom stereocenters. The lowest BCUT2D eigenvalue weighted by Gasteiger charge is -2.13. The maximum Gasteiger partial charge on any atom is 0.329 e. The summed E-state index contributed by atoms with van der Waals surface area (Å²) < 4.78 is 25.2. The summed E-state index contributed by atoms with van der Waals surface area (Å²) in [6, 6.07) is 16.8. The molecule has 8 heteroatoms. The van der Waals surface area contributed by atoms with Gasteiger partial charge in [-0.25, -0.2) is 9.82 Å². The normalized spacial score (nSPS) is 10.7. The molecule has 0 fully saturated rings. The maximum atomic E-state index is 13.8. The number of nitrogens with zero attached hydrogens (tertiary/aromatic N) is 1. The molecule has 3 aromatic carbocycles. The fraction of sp³-hybridized carbons (Fsp3) is 0.192. The highest BCUT2D eigenvalue weighted by atomic mass is 19.1. The highest BCUT2D eigenvalue weighted by Gasteiger charge is 2.13. The van der Waals surface area contributed by atoms with Crippen molar-refractivity contribution in [1.82, 2.24) is 5.43 Å². The van der Waals surface area contributed by atoms with Crippen molar-refractivity contribution in [2.45, 2.75) is 27.4 Å². The molecule has 0 radical (unpaired) electrons. The second-order valence-electron chi connectivity index (χ2n) is 7.47. The topological polar surface area (TPSA) is 89.0 Å². The van der Waals surface area contributed by atoms with E-state index < -0.39 is 11.8 Å². The van der Waals surface area contributed by atoms with Gasteiger partial charge in [-0.1, -0.05) is 24.3 Å². The number of ether oxygens (including phenoxy) is 2. The molecule has 0 aliphatic heterocycles. The summed E-state index contributed by atoms with van der Waals surface area (Å²) in [4.78, 5) is 24.1. The molecule has 0 aromatic heterocycles. The van der Waals surface area contributed by atoms with E-state index in [1.807, 2.05) is 26.8 Å². The van der Waals surface area contributed by atoms with E-state index in [9.17, 15) is 14.0 Å². The number of benzene rings is 3. The first-order chi connectivity index (χ1) is 16.4. The second-order valence-corrected chi connectivity index (χ2v) is 7.47. The second kappa shape index (κ2) is 11.6. The van der Waals surface area contributed by atoms with Crippen LogP contribution >= 0.6 is 0 Å². The Kier molecular flexibility index (Phi) is 8.34. The fourth-order valence-electron chi connectivity index (χ4n) is 2.99. The predicted octanol–water partition coefficient (Wildman–Crippen LogP) is 4.51. The summed E-state index contributed by atoms with van der Waals surface area (Å²) in [5.41, 5.74) is 5.85. The number of carbonyl (C=O) groups is 2. The highest BCUT2D eigenvalue weighted by molar-refractivity contribution is 6.39. The van der Waals surface area contributed by atoms with Gasteiger partial charge in [0.05, 0.1) is 12.8 Å². The van der Waals surface area contributed by atoms with Crippen molar-refractivity contribution in [2.75, 3.05) is 11.9 Å². The Labute approximate surface area is 197 Å². The Morgan fingerprint density at radius 1 is 0.941 bits per heavy atom. The SMILES string of the molecule is CCOc1cc(C=NNC(=O)C(=O)Nc2ccc(C)c(C)c2)ccc1OCc1ccccc1F. The number of aryl methyl sites for hydroxylation is 2. The maximum absolute atomic E-state index is 13.8. The van der Waals surface area contributed by atoms with Crippen molar-refractivity contribution in [3.63, 3.8) is 0 Å². The van der Waals surface area contributed by atoms with E-state index in [1.54, 1.807) is 48.5 Å². The molecular weight excluding hydrogens is 437 g/mol. The van der Waals surface area contributed by atoms with Crippen LogP contribution in [0.2, 0.25) is 0 Å². The van der Waals surface area contributed by atoms with E-state index in [0.29, 0.717) is 34.9 Å². The molecule has 3 aromatic rings. The monoisotopic (exact) mass is 463 g/mol. The predicted molar refractivity (Wildman–Crippen MR) is 129 cm³/mol. The van der Waals surface area contributed by atoms with Gasteiger partial charge in [0.25, 0.3) is 0 Å². The Bertz CT molecular complexity index is 1210. The molecule has 0 saturated heterocycles. The summed E-state index contributed by atoms with van der Waals surface area (Å²) in [5.74, 6) is -1.18. The molecular formula is C26H26FN3O4. The fourth-order valence-corrected chi connectivity index (χ4v) is 2.99. The molecule has 176 valence electrons. The minimum atomic E-state index is -0.899. The number of amides is 2. The Hall–Kier alpha value is -4.20. The molecule has 0 spiro atoms. The van der Waals surface area contributed by atoms with Gasteiger partial charge >= 0.3 is 11.8 Å². The van der Waals surface area contributed by atoms with Crippen molar-refractivity contribution < 1.29 is 23.5 Å². The van der Waals surface area contributed by atoms with E-state index >= 15 is 0 Å². The zero-order valence-electron chi connectivity index (χ0n) is 19.2. The minimum absolute atomic E-state index is 0.0475. The van der Waals surface area contributed by atoms with E-state index in [0.717, 1.165) is 11.1 Å². The lowest BCUT2D eigenvalue weighted by Crippen LogP contribution is -2.32. The molecule has 0 bridgehead atoms. The van der Waals surface area contributed by atoms with Crippen molar-refractivity contribution in [3.8, 4) is 11.5 Å². The van der Waals surface area contributed by atoms with Gasteiger partial charge in [-0.3, -0.25) is 9.59 Å². The minimum Gasteiger partial charge on any atom is -0.490 e. The number of nitrogens with one attached hydrogen (secondary N) is 2. The Balaban J connectivity index is 1.60. The number of hydrazone groups is 1. The van der Waals surface area contributed by atoms with Gasteiger partial charge in [-0.15, -0.1) is 0 Å². The van der Waals surface area contributed by atoms with Crippen LogP contribution in [0.4, 0.5) is 10.1 Å². The van der Waals surface area contributed by atoms with Crippen LogP contribution in [0.25, 0.3) is 0 Å². The van der Waals surface area contributed by atoms with Crippen molar-refractivity contribution in [3.05, 3.63) is 88.7 Å². The quantitative estimate of drug-likeness (QED) is 0.292. The third-order valence-corrected chi connectivity index (χ3v) is 4.96. The van der Waals surface area contributed by atoms with Crippen molar-refractivity contribution in [1.29, 1.82) is 0 Å². The zero-order chi connectivity index (χ0) is 24.5. The molecule has 0 aliphatic rings. The van der Waals surface area contributed by atoms with Gasteiger partial charge in [0.1, 0.15) is 12.4 Å². The molecule has 0 aliphatic carbocycles. The van der Waals surface area contributed by atoms with Crippen LogP contribution in [-0.4, -0.2) is 24.6 Å². The number of carbonyl (C=O) groups excluding carboxylic acids is 2. The van der Waals surface area contributed by atoms with Gasteiger partial charge in [0.2, 0.25) is 0 Å². The lowest BCUT2D eigenvalue weighted by molar-refractivity contribution is -0.136. The summed E-state index contributed by atoms with van der Waals surface area (Å²) in [6.07, 6.45) is 1.38. The molecule has 3 rings (SSSR count). The molecule has 2 N–H and O–H groups in total. The van der Waals surface area contributed by atoms with Crippen LogP contribution in [0.1, 0.15) is 29.2 Å². The standard InChI is InChI=1S/C26H26FN3O4/c1-4-33-24-14-19(10-12-23(24)34-16-20-7-5-6-8-22(20)27)15-28-30-26(32)25(31)29-21-11-9-17(2)18(3)13-21/h5-15H,4,16H2,1-3H3,(H,29,31)(H,30,32). The van der Waals surface area contributed by atoms with Gasteiger partial charge in [0, 0.05) is 11.3 Å². The smallest absolute Gasteiger partial charge is 0.329 e. The first kappa shape index (κ1) is 24.4. The lowest BCUT2D eigenvalue weighted by atomic mass is 10.1. The molecule has 0 unspecified atom stereocenters. The molecule has 2 amide bonds. The van der Waals surface area contributed by atoms with Crippen LogP contribution in [0.3, 0.4) is 0 Å².